The van der Waals surface area contributed by atoms with Gasteiger partial charge >= 0.3 is 19.8 Å². The van der Waals surface area contributed by atoms with Crippen molar-refractivity contribution in [2.75, 3.05) is 0 Å². The van der Waals surface area contributed by atoms with Gasteiger partial charge in [-0.3, -0.25) is 4.98 Å². The summed E-state index contributed by atoms with van der Waals surface area (Å²) in [7, 11) is 0. The SMILES string of the molecule is [O]=[Cu].c1ccncc1. The third kappa shape index (κ3) is 3.65. The maximum Gasteiger partial charge on any atom is 0.0267 e. The van der Waals surface area contributed by atoms with Gasteiger partial charge in [-0.25, -0.2) is 0 Å². The van der Waals surface area contributed by atoms with E-state index < -0.39 is 0 Å². The summed E-state index contributed by atoms with van der Waals surface area (Å²) in [4.78, 5) is 3.78. The van der Waals surface area contributed by atoms with Crippen molar-refractivity contribution in [3.63, 3.8) is 0 Å². The van der Waals surface area contributed by atoms with Crippen molar-refractivity contribution in [1.29, 1.82) is 0 Å². The third-order valence-electron chi connectivity index (χ3n) is 0.566. The van der Waals surface area contributed by atoms with Gasteiger partial charge in [0.15, 0.2) is 0 Å². The van der Waals surface area contributed by atoms with E-state index in [1.54, 1.807) is 12.4 Å². The Hall–Kier alpha value is -0.531. The van der Waals surface area contributed by atoms with Crippen LogP contribution in [0.2, 0.25) is 0 Å². The fourth-order valence-electron chi connectivity index (χ4n) is 0.313. The molecule has 0 unspecified atom stereocenters. The topological polar surface area (TPSA) is 30.0 Å². The summed E-state index contributed by atoms with van der Waals surface area (Å²) in [6.07, 6.45) is 3.50. The quantitative estimate of drug-likeness (QED) is 0.527. The van der Waals surface area contributed by atoms with Gasteiger partial charge in [-0.15, -0.1) is 0 Å². The van der Waals surface area contributed by atoms with Crippen molar-refractivity contribution < 1.29 is 19.8 Å². The number of nitrogens with zero attached hydrogens (tertiary/aromatic N) is 1. The van der Waals surface area contributed by atoms with Gasteiger partial charge in [-0.1, -0.05) is 6.07 Å². The van der Waals surface area contributed by atoms with E-state index in [0.29, 0.717) is 0 Å². The van der Waals surface area contributed by atoms with Gasteiger partial charge in [0.05, 0.1) is 0 Å². The summed E-state index contributed by atoms with van der Waals surface area (Å²) >= 11 is 2.94. The molecule has 0 atom stereocenters. The Labute approximate surface area is 56.0 Å². The van der Waals surface area contributed by atoms with Crippen LogP contribution in [0.4, 0.5) is 0 Å². The van der Waals surface area contributed by atoms with Gasteiger partial charge in [0, 0.05) is 12.4 Å². The van der Waals surface area contributed by atoms with Crippen LogP contribution in [0.3, 0.4) is 0 Å². The number of hydrogen-bond donors (Lipinski definition) is 0. The molecule has 0 radical (unpaired) electrons. The zero-order valence-corrected chi connectivity index (χ0v) is 4.99. The van der Waals surface area contributed by atoms with Gasteiger partial charge in [-0.2, -0.15) is 0 Å². The van der Waals surface area contributed by atoms with Gasteiger partial charge in [-0.05, 0) is 12.1 Å². The minimum absolute atomic E-state index is 1.75. The number of hydrogen-bond acceptors (Lipinski definition) is 2. The molecule has 0 fully saturated rings. The largest absolute Gasteiger partial charge is 0.265 e. The van der Waals surface area contributed by atoms with Crippen LogP contribution in [0, 0.1) is 0 Å². The van der Waals surface area contributed by atoms with Crippen molar-refractivity contribution in [3.8, 4) is 0 Å². The first kappa shape index (κ1) is 7.47. The summed E-state index contributed by atoms with van der Waals surface area (Å²) < 4.78 is 7.81. The molecule has 0 saturated heterocycles. The summed E-state index contributed by atoms with van der Waals surface area (Å²) in [5, 5.41) is 0. The summed E-state index contributed by atoms with van der Waals surface area (Å²) in [5.74, 6) is 0. The molecule has 0 N–H and O–H groups in total. The van der Waals surface area contributed by atoms with E-state index in [-0.39, 0.29) is 0 Å². The van der Waals surface area contributed by atoms with Gasteiger partial charge in [0.2, 0.25) is 0 Å². The molecule has 3 heteroatoms. The van der Waals surface area contributed by atoms with E-state index in [1.807, 2.05) is 18.2 Å². The van der Waals surface area contributed by atoms with E-state index in [0.717, 1.165) is 0 Å². The number of rotatable bonds is 0. The normalized spacial score (nSPS) is 6.75. The van der Waals surface area contributed by atoms with Crippen molar-refractivity contribution >= 4 is 0 Å². The predicted octanol–water partition coefficient (Wildman–Crippen LogP) is 0.960. The van der Waals surface area contributed by atoms with Crippen molar-refractivity contribution in [2.24, 2.45) is 0 Å². The van der Waals surface area contributed by atoms with Gasteiger partial charge in [0.1, 0.15) is 0 Å². The Kier molecular flexibility index (Phi) is 6.04. The van der Waals surface area contributed by atoms with Crippen LogP contribution in [0.5, 0.6) is 0 Å². The van der Waals surface area contributed by atoms with Crippen molar-refractivity contribution in [3.05, 3.63) is 30.6 Å². The first-order chi connectivity index (χ1) is 4.00. The number of aromatic nitrogens is 1. The third-order valence-corrected chi connectivity index (χ3v) is 0.566. The van der Waals surface area contributed by atoms with Crippen LogP contribution in [0.15, 0.2) is 30.6 Å². The summed E-state index contributed by atoms with van der Waals surface area (Å²) in [5.41, 5.74) is 0. The molecule has 47 valence electrons. The molecule has 0 aromatic carbocycles. The molecule has 1 aromatic rings. The molecule has 0 aliphatic carbocycles. The van der Waals surface area contributed by atoms with E-state index in [4.69, 9.17) is 3.83 Å². The molecule has 0 bridgehead atoms. The first-order valence-corrected chi connectivity index (χ1v) is 2.36. The second-order valence-electron chi connectivity index (χ2n) is 1.02. The van der Waals surface area contributed by atoms with Crippen molar-refractivity contribution in [2.45, 2.75) is 0 Å². The van der Waals surface area contributed by atoms with Crippen LogP contribution >= 0.6 is 0 Å². The fraction of sp³-hybridized carbons (Fsp3) is 0. The standard InChI is InChI=1S/C5H5N.Cu.O/c1-2-4-6-5-3-1;;/h1-5H;;. The predicted molar refractivity (Wildman–Crippen MR) is 24.9 cm³/mol. The zero-order chi connectivity index (χ0) is 6.24. The average molecular weight is 159 g/mol. The van der Waals surface area contributed by atoms with E-state index in [9.17, 15) is 0 Å². The Morgan fingerprint density at radius 3 is 1.62 bits per heavy atom. The maximum absolute atomic E-state index is 7.81. The van der Waals surface area contributed by atoms with Crippen molar-refractivity contribution in [1.82, 2.24) is 4.98 Å². The molecular weight excluding hydrogens is 154 g/mol. The Balaban J connectivity index is 0.000000222. The molecule has 2 nitrogen and oxygen atoms in total. The monoisotopic (exact) mass is 158 g/mol. The molecule has 0 aliphatic rings. The molecular formula is C5H5CuNO. The molecule has 0 aliphatic heterocycles. The molecule has 1 rings (SSSR count). The van der Waals surface area contributed by atoms with E-state index >= 15 is 0 Å². The molecule has 0 saturated carbocycles. The Morgan fingerprint density at radius 1 is 1.00 bits per heavy atom. The van der Waals surface area contributed by atoms with Crippen LogP contribution in [0.25, 0.3) is 0 Å². The molecule has 1 heterocycles. The van der Waals surface area contributed by atoms with Crippen LogP contribution in [-0.2, 0) is 19.8 Å². The summed E-state index contributed by atoms with van der Waals surface area (Å²) in [6, 6.07) is 5.72. The molecule has 0 amide bonds. The minimum Gasteiger partial charge on any atom is -0.265 e. The Bertz CT molecular complexity index is 95.3. The zero-order valence-electron chi connectivity index (χ0n) is 4.04. The number of pyridine rings is 1. The molecule has 8 heavy (non-hydrogen) atoms. The van der Waals surface area contributed by atoms with E-state index in [1.165, 1.54) is 0 Å². The van der Waals surface area contributed by atoms with Gasteiger partial charge < -0.3 is 0 Å². The first-order valence-electron chi connectivity index (χ1n) is 1.97. The fourth-order valence-corrected chi connectivity index (χ4v) is 0.313. The summed E-state index contributed by atoms with van der Waals surface area (Å²) in [6.45, 7) is 0. The van der Waals surface area contributed by atoms with Crippen LogP contribution in [-0.4, -0.2) is 4.98 Å². The average Bonchev–Trinajstić information content (AvgIpc) is 1.96. The van der Waals surface area contributed by atoms with Crippen LogP contribution in [0.1, 0.15) is 0 Å². The second kappa shape index (κ2) is 6.47. The molecule has 0 spiro atoms. The maximum atomic E-state index is 7.81. The van der Waals surface area contributed by atoms with Gasteiger partial charge in [0.25, 0.3) is 0 Å². The van der Waals surface area contributed by atoms with E-state index in [2.05, 4.69) is 20.9 Å². The second-order valence-corrected chi connectivity index (χ2v) is 1.02. The molecule has 1 aromatic heterocycles. The smallest absolute Gasteiger partial charge is 0.0267 e. The van der Waals surface area contributed by atoms with Crippen LogP contribution < -0.4 is 0 Å². The Morgan fingerprint density at radius 2 is 1.50 bits per heavy atom. The minimum atomic E-state index is 1.75.